The van der Waals surface area contributed by atoms with Gasteiger partial charge in [-0.2, -0.15) is 0 Å². The molecule has 1 aliphatic heterocycles. The van der Waals surface area contributed by atoms with Crippen molar-refractivity contribution in [2.75, 3.05) is 13.3 Å². The van der Waals surface area contributed by atoms with Gasteiger partial charge in [0.15, 0.2) is 11.5 Å². The fourth-order valence-corrected chi connectivity index (χ4v) is 2.65. The summed E-state index contributed by atoms with van der Waals surface area (Å²) in [4.78, 5) is 14.4. The number of benzene rings is 1. The molecule has 0 radical (unpaired) electrons. The van der Waals surface area contributed by atoms with Crippen molar-refractivity contribution < 1.29 is 18.7 Å². The number of hydrogen-bond donors (Lipinski definition) is 1. The Morgan fingerprint density at radius 2 is 1.96 bits per heavy atom. The molecule has 2 heterocycles. The fourth-order valence-electron chi connectivity index (χ4n) is 2.65. The molecule has 1 amide bonds. The van der Waals surface area contributed by atoms with Crippen molar-refractivity contribution in [3.63, 3.8) is 0 Å². The molecule has 0 saturated heterocycles. The molecule has 0 fully saturated rings. The van der Waals surface area contributed by atoms with Crippen molar-refractivity contribution in [3.8, 4) is 11.5 Å². The summed E-state index contributed by atoms with van der Waals surface area (Å²) in [6.45, 7) is 7.38. The quantitative estimate of drug-likeness (QED) is 0.837. The zero-order chi connectivity index (χ0) is 17.8. The van der Waals surface area contributed by atoms with Gasteiger partial charge in [0.2, 0.25) is 12.7 Å². The first-order valence-corrected chi connectivity index (χ1v) is 8.46. The Hall–Kier alpha value is -2.47. The molecule has 1 aromatic heterocycles. The van der Waals surface area contributed by atoms with E-state index < -0.39 is 0 Å². The molecular formula is C19H24N2O4. The molecule has 0 bridgehead atoms. The van der Waals surface area contributed by atoms with Crippen molar-refractivity contribution in [1.82, 2.24) is 10.2 Å². The number of carbonyl (C=O) groups excluding carboxylic acids is 1. The Labute approximate surface area is 147 Å². The molecule has 0 atom stereocenters. The van der Waals surface area contributed by atoms with Crippen molar-refractivity contribution >= 4 is 5.91 Å². The smallest absolute Gasteiger partial charge is 0.237 e. The highest BCUT2D eigenvalue weighted by molar-refractivity contribution is 5.78. The highest BCUT2D eigenvalue weighted by Crippen LogP contribution is 2.32. The van der Waals surface area contributed by atoms with Gasteiger partial charge in [0.05, 0.1) is 13.1 Å². The maximum Gasteiger partial charge on any atom is 0.237 e. The van der Waals surface area contributed by atoms with Crippen molar-refractivity contribution in [1.29, 1.82) is 0 Å². The van der Waals surface area contributed by atoms with Crippen molar-refractivity contribution in [2.24, 2.45) is 0 Å². The van der Waals surface area contributed by atoms with Gasteiger partial charge < -0.3 is 24.1 Å². The van der Waals surface area contributed by atoms with Crippen LogP contribution in [0, 0.1) is 6.92 Å². The monoisotopic (exact) mass is 344 g/mol. The van der Waals surface area contributed by atoms with Crippen LogP contribution in [0.25, 0.3) is 0 Å². The lowest BCUT2D eigenvalue weighted by atomic mass is 10.2. The van der Waals surface area contributed by atoms with Crippen molar-refractivity contribution in [3.05, 3.63) is 47.4 Å². The van der Waals surface area contributed by atoms with E-state index in [1.54, 1.807) is 4.90 Å². The van der Waals surface area contributed by atoms with Gasteiger partial charge in [0.25, 0.3) is 0 Å². The number of rotatable bonds is 7. The molecule has 1 aliphatic rings. The van der Waals surface area contributed by atoms with Crippen molar-refractivity contribution in [2.45, 2.75) is 39.9 Å². The molecule has 6 nitrogen and oxygen atoms in total. The summed E-state index contributed by atoms with van der Waals surface area (Å²) in [6, 6.07) is 9.82. The number of nitrogens with one attached hydrogen (secondary N) is 1. The number of fused-ring (bicyclic) bond motifs is 1. The Morgan fingerprint density at radius 1 is 1.16 bits per heavy atom. The fraction of sp³-hybridized carbons (Fsp3) is 0.421. The molecule has 2 aromatic rings. The highest BCUT2D eigenvalue weighted by Gasteiger charge is 2.19. The average molecular weight is 344 g/mol. The zero-order valence-electron chi connectivity index (χ0n) is 14.9. The molecule has 0 unspecified atom stereocenters. The average Bonchev–Trinajstić information content (AvgIpc) is 3.20. The lowest BCUT2D eigenvalue weighted by Crippen LogP contribution is -2.39. The van der Waals surface area contributed by atoms with Crippen LogP contribution in [0.1, 0.15) is 30.9 Å². The predicted octanol–water partition coefficient (Wildman–Crippen LogP) is 2.84. The second-order valence-corrected chi connectivity index (χ2v) is 6.49. The minimum Gasteiger partial charge on any atom is -0.464 e. The third-order valence-corrected chi connectivity index (χ3v) is 3.97. The molecular weight excluding hydrogens is 320 g/mol. The van der Waals surface area contributed by atoms with Gasteiger partial charge in [-0.3, -0.25) is 4.79 Å². The van der Waals surface area contributed by atoms with Crippen LogP contribution in [0.2, 0.25) is 0 Å². The molecule has 0 aliphatic carbocycles. The number of carbonyl (C=O) groups is 1. The summed E-state index contributed by atoms with van der Waals surface area (Å²) >= 11 is 0. The third kappa shape index (κ3) is 4.54. The van der Waals surface area contributed by atoms with Gasteiger partial charge in [-0.25, -0.2) is 0 Å². The number of nitrogens with zero attached hydrogens (tertiary/aromatic N) is 1. The van der Waals surface area contributed by atoms with E-state index in [1.807, 2.05) is 51.1 Å². The molecule has 0 spiro atoms. The second kappa shape index (κ2) is 7.61. The molecule has 6 heteroatoms. The van der Waals surface area contributed by atoms with Crippen LogP contribution in [0.5, 0.6) is 11.5 Å². The first kappa shape index (κ1) is 17.4. The van der Waals surface area contributed by atoms with Crippen LogP contribution in [0.3, 0.4) is 0 Å². The lowest BCUT2D eigenvalue weighted by molar-refractivity contribution is -0.131. The number of amides is 1. The van der Waals surface area contributed by atoms with Crippen LogP contribution in [0.15, 0.2) is 34.7 Å². The molecule has 134 valence electrons. The maximum absolute atomic E-state index is 12.7. The van der Waals surface area contributed by atoms with E-state index >= 15 is 0 Å². The Balaban J connectivity index is 1.73. The summed E-state index contributed by atoms with van der Waals surface area (Å²) in [6.07, 6.45) is 0. The van der Waals surface area contributed by atoms with E-state index in [1.165, 1.54) is 0 Å². The molecule has 0 saturated carbocycles. The van der Waals surface area contributed by atoms with E-state index in [0.29, 0.717) is 19.6 Å². The lowest BCUT2D eigenvalue weighted by Gasteiger charge is -2.23. The van der Waals surface area contributed by atoms with E-state index in [9.17, 15) is 4.79 Å². The van der Waals surface area contributed by atoms with Gasteiger partial charge in [-0.05, 0) is 36.8 Å². The minimum atomic E-state index is 0.0282. The summed E-state index contributed by atoms with van der Waals surface area (Å²) in [7, 11) is 0. The Bertz CT molecular complexity index is 739. The van der Waals surface area contributed by atoms with Crippen LogP contribution in [-0.2, 0) is 17.9 Å². The van der Waals surface area contributed by atoms with Crippen LogP contribution in [0.4, 0.5) is 0 Å². The van der Waals surface area contributed by atoms with E-state index in [2.05, 4.69) is 5.32 Å². The third-order valence-electron chi connectivity index (χ3n) is 3.97. The van der Waals surface area contributed by atoms with E-state index in [0.717, 1.165) is 28.6 Å². The Kier molecular flexibility index (Phi) is 5.28. The topological polar surface area (TPSA) is 63.9 Å². The number of ether oxygens (including phenoxy) is 2. The van der Waals surface area contributed by atoms with Gasteiger partial charge in [0, 0.05) is 12.6 Å². The first-order valence-electron chi connectivity index (χ1n) is 8.46. The largest absolute Gasteiger partial charge is 0.464 e. The van der Waals surface area contributed by atoms with Gasteiger partial charge in [0.1, 0.15) is 11.5 Å². The van der Waals surface area contributed by atoms with Gasteiger partial charge in [-0.1, -0.05) is 19.9 Å². The first-order chi connectivity index (χ1) is 12.0. The van der Waals surface area contributed by atoms with Gasteiger partial charge in [-0.15, -0.1) is 0 Å². The normalized spacial score (nSPS) is 12.6. The highest BCUT2D eigenvalue weighted by atomic mass is 16.7. The molecule has 3 rings (SSSR count). The van der Waals surface area contributed by atoms with Gasteiger partial charge >= 0.3 is 0 Å². The summed E-state index contributed by atoms with van der Waals surface area (Å²) in [5, 5.41) is 3.18. The standard InChI is InChI=1S/C19H24N2O4/c1-13(2)20-9-19(22)21(11-16-6-4-14(3)25-16)10-15-5-7-17-18(8-15)24-12-23-17/h4-8,13,20H,9-12H2,1-3H3. The number of furan rings is 1. The molecule has 1 N–H and O–H groups in total. The summed E-state index contributed by atoms with van der Waals surface area (Å²) < 4.78 is 16.4. The number of hydrogen-bond acceptors (Lipinski definition) is 5. The van der Waals surface area contributed by atoms with E-state index in [-0.39, 0.29) is 18.7 Å². The predicted molar refractivity (Wildman–Crippen MR) is 93.4 cm³/mol. The van der Waals surface area contributed by atoms with Crippen LogP contribution >= 0.6 is 0 Å². The van der Waals surface area contributed by atoms with Crippen LogP contribution in [-0.4, -0.2) is 30.2 Å². The zero-order valence-corrected chi connectivity index (χ0v) is 14.9. The number of aryl methyl sites for hydroxylation is 1. The molecule has 1 aromatic carbocycles. The van der Waals surface area contributed by atoms with Crippen LogP contribution < -0.4 is 14.8 Å². The summed E-state index contributed by atoms with van der Waals surface area (Å²) in [5.41, 5.74) is 0.991. The second-order valence-electron chi connectivity index (χ2n) is 6.49. The minimum absolute atomic E-state index is 0.0282. The summed E-state index contributed by atoms with van der Waals surface area (Å²) in [5.74, 6) is 3.10. The maximum atomic E-state index is 12.7. The Morgan fingerprint density at radius 3 is 2.68 bits per heavy atom. The SMILES string of the molecule is Cc1ccc(CN(Cc2ccc3c(c2)OCO3)C(=O)CNC(C)C)o1. The molecule has 25 heavy (non-hydrogen) atoms. The van der Waals surface area contributed by atoms with E-state index in [4.69, 9.17) is 13.9 Å².